The summed E-state index contributed by atoms with van der Waals surface area (Å²) in [5.41, 5.74) is 0. The van der Waals surface area contributed by atoms with E-state index in [-0.39, 0.29) is 0 Å². The van der Waals surface area contributed by atoms with Crippen molar-refractivity contribution in [2.45, 2.75) is 44.2 Å². The molecule has 0 amide bonds. The summed E-state index contributed by atoms with van der Waals surface area (Å²) in [6.07, 6.45) is 7.35. The van der Waals surface area contributed by atoms with E-state index in [1.165, 1.54) is 45.2 Å². The third-order valence-electron chi connectivity index (χ3n) is 4.90. The Morgan fingerprint density at radius 2 is 1.71 bits per heavy atom. The molecule has 1 N–H and O–H groups in total. The number of fused-ring (bicyclic) bond motifs is 2. The summed E-state index contributed by atoms with van der Waals surface area (Å²) < 4.78 is 0. The molecule has 0 aromatic heterocycles. The van der Waals surface area contributed by atoms with Crippen molar-refractivity contribution < 1.29 is 0 Å². The van der Waals surface area contributed by atoms with Crippen LogP contribution in [0.5, 0.6) is 0 Å². The lowest BCUT2D eigenvalue weighted by molar-refractivity contribution is 0.107. The van der Waals surface area contributed by atoms with Gasteiger partial charge in [-0.15, -0.1) is 0 Å². The van der Waals surface area contributed by atoms with Gasteiger partial charge < -0.3 is 10.2 Å². The first kappa shape index (κ1) is 9.17. The summed E-state index contributed by atoms with van der Waals surface area (Å²) in [4.78, 5) is 2.65. The summed E-state index contributed by atoms with van der Waals surface area (Å²) in [5, 5.41) is 3.52. The Bertz CT molecular complexity index is 196. The zero-order valence-corrected chi connectivity index (χ0v) is 9.21. The van der Waals surface area contributed by atoms with Gasteiger partial charge in [0, 0.05) is 12.1 Å². The van der Waals surface area contributed by atoms with Crippen molar-refractivity contribution in [2.75, 3.05) is 20.1 Å². The normalized spacial score (nSPS) is 48.6. The molecule has 0 aliphatic carbocycles. The number of nitrogens with one attached hydrogen (secondary N) is 1. The second-order valence-corrected chi connectivity index (χ2v) is 5.53. The lowest BCUT2D eigenvalue weighted by Gasteiger charge is -2.38. The van der Waals surface area contributed by atoms with Crippen LogP contribution in [0.15, 0.2) is 0 Å². The highest BCUT2D eigenvalue weighted by Gasteiger charge is 2.41. The van der Waals surface area contributed by atoms with Gasteiger partial charge in [-0.3, -0.25) is 0 Å². The Kier molecular flexibility index (Phi) is 2.29. The predicted octanol–water partition coefficient (Wildman–Crippen LogP) is 1.47. The quantitative estimate of drug-likeness (QED) is 0.680. The van der Waals surface area contributed by atoms with Crippen molar-refractivity contribution in [2.24, 2.45) is 11.8 Å². The molecule has 0 spiro atoms. The maximum atomic E-state index is 3.52. The molecule has 0 radical (unpaired) electrons. The summed E-state index contributed by atoms with van der Waals surface area (Å²) in [7, 11) is 2.34. The largest absolute Gasteiger partial charge is 0.316 e. The van der Waals surface area contributed by atoms with Gasteiger partial charge in [-0.2, -0.15) is 0 Å². The summed E-state index contributed by atoms with van der Waals surface area (Å²) >= 11 is 0. The van der Waals surface area contributed by atoms with Crippen molar-refractivity contribution in [3.8, 4) is 0 Å². The van der Waals surface area contributed by atoms with Gasteiger partial charge in [-0.1, -0.05) is 0 Å². The van der Waals surface area contributed by atoms with Gasteiger partial charge in [0.15, 0.2) is 0 Å². The third-order valence-corrected chi connectivity index (χ3v) is 4.90. The van der Waals surface area contributed by atoms with Crippen LogP contribution in [0.25, 0.3) is 0 Å². The van der Waals surface area contributed by atoms with E-state index in [0.29, 0.717) is 0 Å². The molecular formula is C12H22N2. The van der Waals surface area contributed by atoms with Crippen LogP contribution >= 0.6 is 0 Å². The van der Waals surface area contributed by atoms with Crippen molar-refractivity contribution >= 4 is 0 Å². The standard InChI is InChI=1S/C12H22N2/c1-14-11-2-3-12(14)7-10(6-11)9-4-5-13-8-9/h9-13H,2-8H2,1H3. The Morgan fingerprint density at radius 1 is 1.00 bits per heavy atom. The van der Waals surface area contributed by atoms with Crippen LogP contribution in [-0.4, -0.2) is 37.1 Å². The first-order valence-corrected chi connectivity index (χ1v) is 6.27. The second-order valence-electron chi connectivity index (χ2n) is 5.53. The minimum Gasteiger partial charge on any atom is -0.316 e. The molecule has 80 valence electrons. The minimum absolute atomic E-state index is 0.930. The van der Waals surface area contributed by atoms with Gasteiger partial charge in [0.2, 0.25) is 0 Å². The fourth-order valence-corrected chi connectivity index (χ4v) is 3.92. The first-order valence-electron chi connectivity index (χ1n) is 6.27. The van der Waals surface area contributed by atoms with Gasteiger partial charge in [0.1, 0.15) is 0 Å². The fourth-order valence-electron chi connectivity index (χ4n) is 3.92. The first-order chi connectivity index (χ1) is 6.84. The molecule has 3 rings (SSSR count). The van der Waals surface area contributed by atoms with E-state index in [1.807, 2.05) is 0 Å². The van der Waals surface area contributed by atoms with Crippen LogP contribution in [-0.2, 0) is 0 Å². The average Bonchev–Trinajstić information content (AvgIpc) is 2.75. The summed E-state index contributed by atoms with van der Waals surface area (Å²) in [5.74, 6) is 2.05. The predicted molar refractivity (Wildman–Crippen MR) is 58.3 cm³/mol. The van der Waals surface area contributed by atoms with E-state index >= 15 is 0 Å². The molecule has 0 saturated carbocycles. The van der Waals surface area contributed by atoms with Crippen LogP contribution in [0, 0.1) is 11.8 Å². The SMILES string of the molecule is CN1C2CCC1CC(C1CCNC1)C2. The second kappa shape index (κ2) is 3.49. The average molecular weight is 194 g/mol. The topological polar surface area (TPSA) is 15.3 Å². The highest BCUT2D eigenvalue weighted by atomic mass is 15.2. The molecule has 3 fully saturated rings. The van der Waals surface area contributed by atoms with Crippen LogP contribution in [0.1, 0.15) is 32.1 Å². The number of nitrogens with zero attached hydrogens (tertiary/aromatic N) is 1. The van der Waals surface area contributed by atoms with Crippen molar-refractivity contribution in [1.82, 2.24) is 10.2 Å². The Balaban J connectivity index is 1.67. The van der Waals surface area contributed by atoms with Gasteiger partial charge in [-0.05, 0) is 64.1 Å². The minimum atomic E-state index is 0.930. The molecule has 14 heavy (non-hydrogen) atoms. The van der Waals surface area contributed by atoms with Gasteiger partial charge in [0.25, 0.3) is 0 Å². The van der Waals surface area contributed by atoms with Crippen LogP contribution < -0.4 is 5.32 Å². The van der Waals surface area contributed by atoms with Crippen LogP contribution in [0.2, 0.25) is 0 Å². The molecule has 3 heterocycles. The number of hydrogen-bond donors (Lipinski definition) is 1. The third kappa shape index (κ3) is 1.40. The molecule has 0 aromatic carbocycles. The number of piperidine rings is 1. The van der Waals surface area contributed by atoms with Crippen LogP contribution in [0.3, 0.4) is 0 Å². The molecule has 3 unspecified atom stereocenters. The molecule has 3 atom stereocenters. The maximum Gasteiger partial charge on any atom is 0.00984 e. The molecule has 2 nitrogen and oxygen atoms in total. The van der Waals surface area contributed by atoms with Gasteiger partial charge in [-0.25, -0.2) is 0 Å². The Labute approximate surface area is 87.0 Å². The Morgan fingerprint density at radius 3 is 2.29 bits per heavy atom. The number of rotatable bonds is 1. The van der Waals surface area contributed by atoms with E-state index in [4.69, 9.17) is 0 Å². The van der Waals surface area contributed by atoms with Crippen molar-refractivity contribution in [1.29, 1.82) is 0 Å². The molecule has 2 bridgehead atoms. The van der Waals surface area contributed by atoms with E-state index in [0.717, 1.165) is 23.9 Å². The van der Waals surface area contributed by atoms with E-state index < -0.39 is 0 Å². The summed E-state index contributed by atoms with van der Waals surface area (Å²) in [6, 6.07) is 1.86. The van der Waals surface area contributed by atoms with E-state index in [1.54, 1.807) is 0 Å². The molecule has 2 heteroatoms. The molecule has 3 saturated heterocycles. The van der Waals surface area contributed by atoms with E-state index in [2.05, 4.69) is 17.3 Å². The van der Waals surface area contributed by atoms with E-state index in [9.17, 15) is 0 Å². The lowest BCUT2D eigenvalue weighted by Crippen LogP contribution is -2.42. The van der Waals surface area contributed by atoms with Gasteiger partial charge >= 0.3 is 0 Å². The van der Waals surface area contributed by atoms with Crippen molar-refractivity contribution in [3.63, 3.8) is 0 Å². The molecule has 3 aliphatic heterocycles. The molecular weight excluding hydrogens is 172 g/mol. The summed E-state index contributed by atoms with van der Waals surface area (Å²) in [6.45, 7) is 2.57. The fraction of sp³-hybridized carbons (Fsp3) is 1.00. The van der Waals surface area contributed by atoms with Crippen LogP contribution in [0.4, 0.5) is 0 Å². The monoisotopic (exact) mass is 194 g/mol. The number of hydrogen-bond acceptors (Lipinski definition) is 2. The smallest absolute Gasteiger partial charge is 0.00984 e. The zero-order chi connectivity index (χ0) is 9.54. The Hall–Kier alpha value is -0.0800. The highest BCUT2D eigenvalue weighted by molar-refractivity contribution is 4.96. The lowest BCUT2D eigenvalue weighted by atomic mass is 9.80. The molecule has 3 aliphatic rings. The van der Waals surface area contributed by atoms with Crippen molar-refractivity contribution in [3.05, 3.63) is 0 Å². The highest BCUT2D eigenvalue weighted by Crippen LogP contribution is 2.41. The zero-order valence-electron chi connectivity index (χ0n) is 9.21. The van der Waals surface area contributed by atoms with Gasteiger partial charge in [0.05, 0.1) is 0 Å². The maximum absolute atomic E-state index is 3.52. The molecule has 0 aromatic rings.